The van der Waals surface area contributed by atoms with Crippen LogP contribution < -0.4 is 10.6 Å². The zero-order valence-corrected chi connectivity index (χ0v) is 18.6. The maximum absolute atomic E-state index is 13.0. The summed E-state index contributed by atoms with van der Waals surface area (Å²) in [7, 11) is -3.85. The highest BCUT2D eigenvalue weighted by molar-refractivity contribution is 7.89. The average molecular weight is 466 g/mol. The lowest BCUT2D eigenvalue weighted by Crippen LogP contribution is -2.41. The van der Waals surface area contributed by atoms with Crippen molar-refractivity contribution in [3.05, 3.63) is 58.6 Å². The number of ether oxygens (including phenoxy) is 1. The smallest absolute Gasteiger partial charge is 0.257 e. The van der Waals surface area contributed by atoms with Crippen molar-refractivity contribution in [2.45, 2.75) is 18.2 Å². The summed E-state index contributed by atoms with van der Waals surface area (Å²) >= 11 is 6.21. The molecule has 0 spiro atoms. The molecule has 166 valence electrons. The van der Waals surface area contributed by atoms with Crippen molar-refractivity contribution in [1.29, 1.82) is 0 Å². The number of rotatable bonds is 7. The van der Waals surface area contributed by atoms with Gasteiger partial charge in [0, 0.05) is 25.3 Å². The summed E-state index contributed by atoms with van der Waals surface area (Å²) in [6.07, 6.45) is 0.796. The molecule has 31 heavy (non-hydrogen) atoms. The van der Waals surface area contributed by atoms with Gasteiger partial charge in [0.2, 0.25) is 10.0 Å². The number of amides is 2. The predicted octanol–water partition coefficient (Wildman–Crippen LogP) is 2.75. The monoisotopic (exact) mass is 465 g/mol. The van der Waals surface area contributed by atoms with Gasteiger partial charge >= 0.3 is 0 Å². The predicted molar refractivity (Wildman–Crippen MR) is 118 cm³/mol. The molecule has 1 aliphatic heterocycles. The maximum atomic E-state index is 13.0. The molecule has 1 saturated heterocycles. The molecular formula is C21H24ClN3O5S. The standard InChI is InChI=1S/C21H24ClN3O5S/c1-2-9-23-20(26)16-8-7-15(14-18(16)22)24-21(27)17-5-3-4-6-19(17)31(28,29)25-10-12-30-13-11-25/h3-8,14H,2,9-13H2,1H3,(H,23,26)(H,24,27). The number of benzene rings is 2. The summed E-state index contributed by atoms with van der Waals surface area (Å²) in [5.74, 6) is -0.890. The highest BCUT2D eigenvalue weighted by Gasteiger charge is 2.30. The molecule has 2 N–H and O–H groups in total. The van der Waals surface area contributed by atoms with Gasteiger partial charge in [-0.2, -0.15) is 4.31 Å². The third-order valence-corrected chi connectivity index (χ3v) is 7.00. The van der Waals surface area contributed by atoms with Crippen molar-refractivity contribution in [3.8, 4) is 0 Å². The van der Waals surface area contributed by atoms with Crippen LogP contribution in [0.15, 0.2) is 47.4 Å². The van der Waals surface area contributed by atoms with Gasteiger partial charge in [-0.05, 0) is 36.8 Å². The van der Waals surface area contributed by atoms with Gasteiger partial charge in [-0.15, -0.1) is 0 Å². The molecule has 8 nitrogen and oxygen atoms in total. The summed E-state index contributed by atoms with van der Waals surface area (Å²) in [4.78, 5) is 24.9. The first-order chi connectivity index (χ1) is 14.8. The third kappa shape index (κ3) is 5.43. The van der Waals surface area contributed by atoms with Gasteiger partial charge in [-0.1, -0.05) is 30.7 Å². The Morgan fingerprint density at radius 2 is 1.77 bits per heavy atom. The van der Waals surface area contributed by atoms with Crippen molar-refractivity contribution in [3.63, 3.8) is 0 Å². The van der Waals surface area contributed by atoms with Crippen LogP contribution in [0.1, 0.15) is 34.1 Å². The van der Waals surface area contributed by atoms with Crippen LogP contribution >= 0.6 is 11.6 Å². The van der Waals surface area contributed by atoms with Crippen molar-refractivity contribution in [2.24, 2.45) is 0 Å². The Morgan fingerprint density at radius 3 is 2.45 bits per heavy atom. The number of nitrogens with zero attached hydrogens (tertiary/aromatic N) is 1. The first kappa shape index (κ1) is 23.2. The fourth-order valence-electron chi connectivity index (χ4n) is 3.11. The van der Waals surface area contributed by atoms with E-state index in [0.29, 0.717) is 31.0 Å². The molecule has 3 rings (SSSR count). The van der Waals surface area contributed by atoms with Crippen molar-refractivity contribution >= 4 is 39.1 Å². The van der Waals surface area contributed by atoms with E-state index in [4.69, 9.17) is 16.3 Å². The minimum Gasteiger partial charge on any atom is -0.379 e. The van der Waals surface area contributed by atoms with Gasteiger partial charge < -0.3 is 15.4 Å². The third-order valence-electron chi connectivity index (χ3n) is 4.73. The Kier molecular flexibility index (Phi) is 7.66. The number of carbonyl (C=O) groups excluding carboxylic acids is 2. The molecule has 1 heterocycles. The van der Waals surface area contributed by atoms with Crippen LogP contribution in [0.25, 0.3) is 0 Å². The van der Waals surface area contributed by atoms with Crippen LogP contribution in [-0.2, 0) is 14.8 Å². The Bertz CT molecular complexity index is 1070. The van der Waals surface area contributed by atoms with Crippen LogP contribution in [0, 0.1) is 0 Å². The van der Waals surface area contributed by atoms with E-state index in [-0.39, 0.29) is 34.5 Å². The Labute approximate surface area is 186 Å². The van der Waals surface area contributed by atoms with Crippen LogP contribution in [0.5, 0.6) is 0 Å². The first-order valence-corrected chi connectivity index (χ1v) is 11.7. The second-order valence-electron chi connectivity index (χ2n) is 6.92. The molecule has 1 fully saturated rings. The molecule has 0 bridgehead atoms. The zero-order valence-electron chi connectivity index (χ0n) is 17.1. The van der Waals surface area contributed by atoms with Crippen LogP contribution in [0.2, 0.25) is 5.02 Å². The topological polar surface area (TPSA) is 105 Å². The number of carbonyl (C=O) groups is 2. The minimum absolute atomic E-state index is 0.0230. The molecule has 10 heteroatoms. The number of anilines is 1. The molecule has 0 radical (unpaired) electrons. The van der Waals surface area contributed by atoms with Crippen molar-refractivity contribution in [2.75, 3.05) is 38.2 Å². The summed E-state index contributed by atoms with van der Waals surface area (Å²) < 4.78 is 32.6. The van der Waals surface area contributed by atoms with E-state index in [0.717, 1.165) is 6.42 Å². The highest BCUT2D eigenvalue weighted by Crippen LogP contribution is 2.24. The Hall–Kier alpha value is -2.46. The molecule has 0 aromatic heterocycles. The van der Waals surface area contributed by atoms with Gasteiger partial charge in [-0.25, -0.2) is 8.42 Å². The van der Waals surface area contributed by atoms with E-state index < -0.39 is 15.9 Å². The molecule has 1 aliphatic rings. The molecule has 0 unspecified atom stereocenters. The summed E-state index contributed by atoms with van der Waals surface area (Å²) in [6.45, 7) is 3.55. The second kappa shape index (κ2) is 10.2. The summed E-state index contributed by atoms with van der Waals surface area (Å²) in [6, 6.07) is 10.6. The summed E-state index contributed by atoms with van der Waals surface area (Å²) in [5, 5.41) is 5.58. The number of sulfonamides is 1. The molecule has 0 atom stereocenters. The van der Waals surface area contributed by atoms with E-state index in [1.165, 1.54) is 28.6 Å². The van der Waals surface area contributed by atoms with Gasteiger partial charge in [0.25, 0.3) is 11.8 Å². The lowest BCUT2D eigenvalue weighted by atomic mass is 10.1. The first-order valence-electron chi connectivity index (χ1n) is 9.90. The fraction of sp³-hybridized carbons (Fsp3) is 0.333. The average Bonchev–Trinajstić information content (AvgIpc) is 2.78. The quantitative estimate of drug-likeness (QED) is 0.654. The molecule has 0 saturated carbocycles. The lowest BCUT2D eigenvalue weighted by molar-refractivity contribution is 0.0730. The van der Waals surface area contributed by atoms with E-state index in [1.54, 1.807) is 18.2 Å². The number of morpholine rings is 1. The number of halogens is 1. The van der Waals surface area contributed by atoms with Gasteiger partial charge in [-0.3, -0.25) is 9.59 Å². The van der Waals surface area contributed by atoms with Gasteiger partial charge in [0.15, 0.2) is 0 Å². The van der Waals surface area contributed by atoms with Gasteiger partial charge in [0.05, 0.1) is 34.3 Å². The van der Waals surface area contributed by atoms with E-state index >= 15 is 0 Å². The van der Waals surface area contributed by atoms with E-state index in [2.05, 4.69) is 10.6 Å². The zero-order chi connectivity index (χ0) is 22.4. The minimum atomic E-state index is -3.85. The van der Waals surface area contributed by atoms with Crippen molar-refractivity contribution in [1.82, 2.24) is 9.62 Å². The molecule has 0 aliphatic carbocycles. The summed E-state index contributed by atoms with van der Waals surface area (Å²) in [5.41, 5.74) is 0.666. The lowest BCUT2D eigenvalue weighted by Gasteiger charge is -2.26. The van der Waals surface area contributed by atoms with Crippen LogP contribution in [0.3, 0.4) is 0 Å². The number of hydrogen-bond donors (Lipinski definition) is 2. The SMILES string of the molecule is CCCNC(=O)c1ccc(NC(=O)c2ccccc2S(=O)(=O)N2CCOCC2)cc1Cl. The Morgan fingerprint density at radius 1 is 1.06 bits per heavy atom. The number of hydrogen-bond acceptors (Lipinski definition) is 5. The van der Waals surface area contributed by atoms with E-state index in [9.17, 15) is 18.0 Å². The largest absolute Gasteiger partial charge is 0.379 e. The Balaban J connectivity index is 1.82. The fourth-order valence-corrected chi connectivity index (χ4v) is 4.98. The van der Waals surface area contributed by atoms with E-state index in [1.807, 2.05) is 6.92 Å². The molecular weight excluding hydrogens is 442 g/mol. The normalized spacial score (nSPS) is 14.8. The molecule has 2 aromatic rings. The van der Waals surface area contributed by atoms with Crippen molar-refractivity contribution < 1.29 is 22.7 Å². The van der Waals surface area contributed by atoms with Crippen LogP contribution in [0.4, 0.5) is 5.69 Å². The highest BCUT2D eigenvalue weighted by atomic mass is 35.5. The second-order valence-corrected chi connectivity index (χ2v) is 9.23. The number of nitrogens with one attached hydrogen (secondary N) is 2. The molecule has 2 amide bonds. The van der Waals surface area contributed by atoms with Gasteiger partial charge in [0.1, 0.15) is 0 Å². The molecule has 2 aromatic carbocycles. The van der Waals surface area contributed by atoms with Crippen LogP contribution in [-0.4, -0.2) is 57.4 Å². The maximum Gasteiger partial charge on any atom is 0.257 e.